The number of alkyl halides is 1. The largest absolute Gasteiger partial charge is 0.444 e. The van der Waals surface area contributed by atoms with Gasteiger partial charge < -0.3 is 15.8 Å². The minimum atomic E-state index is -1.92. The number of hydrogen-bond donors (Lipinski definition) is 3. The molecule has 186 valence electrons. The number of anilines is 2. The number of carbonyl (C=O) groups is 3. The summed E-state index contributed by atoms with van der Waals surface area (Å²) in [6.45, 7) is 5.28. The molecule has 10 heteroatoms. The summed E-state index contributed by atoms with van der Waals surface area (Å²) in [6, 6.07) is 15.5. The van der Waals surface area contributed by atoms with Gasteiger partial charge in [0.25, 0.3) is 11.8 Å². The molecule has 0 bridgehead atoms. The molecule has 7 nitrogen and oxygen atoms in total. The van der Waals surface area contributed by atoms with Gasteiger partial charge in [0.1, 0.15) is 5.60 Å². The predicted octanol–water partition coefficient (Wildman–Crippen LogP) is 6.73. The lowest BCUT2D eigenvalue weighted by Gasteiger charge is -2.20. The number of carbonyl (C=O) groups excluding carboxylic acids is 3. The van der Waals surface area contributed by atoms with Crippen LogP contribution in [0, 0.1) is 0 Å². The zero-order valence-corrected chi connectivity index (χ0v) is 21.4. The van der Waals surface area contributed by atoms with E-state index in [2.05, 4.69) is 10.6 Å². The molecule has 0 aliphatic heterocycles. The van der Waals surface area contributed by atoms with Crippen molar-refractivity contribution in [1.29, 1.82) is 0 Å². The Labute approximate surface area is 215 Å². The van der Waals surface area contributed by atoms with Crippen LogP contribution in [0.1, 0.15) is 42.2 Å². The molecule has 0 aliphatic carbocycles. The Balaban J connectivity index is 1.63. The molecular weight excluding hydrogens is 501 g/mol. The third kappa shape index (κ3) is 5.89. The van der Waals surface area contributed by atoms with Gasteiger partial charge in [-0.25, -0.2) is 9.18 Å². The first-order valence-corrected chi connectivity index (χ1v) is 12.7. The molecule has 4 aromatic rings. The zero-order chi connectivity index (χ0) is 26.0. The maximum atomic E-state index is 14.1. The quantitative estimate of drug-likeness (QED) is 0.259. The predicted molar refractivity (Wildman–Crippen MR) is 142 cm³/mol. The molecule has 36 heavy (non-hydrogen) atoms. The van der Waals surface area contributed by atoms with Gasteiger partial charge in [0.2, 0.25) is 6.17 Å². The molecule has 4 rings (SSSR count). The van der Waals surface area contributed by atoms with Gasteiger partial charge in [-0.3, -0.25) is 14.9 Å². The molecule has 0 radical (unpaired) electrons. The number of amides is 3. The molecule has 1 atom stereocenters. The van der Waals surface area contributed by atoms with Crippen molar-refractivity contribution >= 4 is 62.0 Å². The lowest BCUT2D eigenvalue weighted by molar-refractivity contribution is -0.122. The number of fused-ring (bicyclic) bond motifs is 1. The third-order valence-corrected chi connectivity index (χ3v) is 7.04. The summed E-state index contributed by atoms with van der Waals surface area (Å²) in [7, 11) is 0. The molecule has 2 aromatic carbocycles. The Kier molecular flexibility index (Phi) is 7.09. The minimum absolute atomic E-state index is 0.135. The standard InChI is InChI=1S/C26H24FN3O4S2/c1-26(2,3)34-25(33)30-17-9-8-14(19-5-4-10-35-19)11-18(17)29-24(32)21-12-15-6-7-16(13-20(15)36-21)22(27)23(28)31/h4-13,22H,1-3H3,(H2,28,31)(H,29,32)(H,30,33). The lowest BCUT2D eigenvalue weighted by Crippen LogP contribution is -2.27. The van der Waals surface area contributed by atoms with Crippen LogP contribution in [0.2, 0.25) is 0 Å². The lowest BCUT2D eigenvalue weighted by atomic mass is 10.1. The summed E-state index contributed by atoms with van der Waals surface area (Å²) in [5.74, 6) is -1.47. The number of nitrogens with two attached hydrogens (primary N) is 1. The smallest absolute Gasteiger partial charge is 0.412 e. The van der Waals surface area contributed by atoms with Crippen molar-refractivity contribution in [3.63, 3.8) is 0 Å². The average Bonchev–Trinajstić information content (AvgIpc) is 3.48. The van der Waals surface area contributed by atoms with Crippen LogP contribution in [0.5, 0.6) is 0 Å². The number of thiophene rings is 2. The van der Waals surface area contributed by atoms with Gasteiger partial charge in [0.05, 0.1) is 16.3 Å². The van der Waals surface area contributed by atoms with Crippen molar-refractivity contribution in [1.82, 2.24) is 0 Å². The number of primary amides is 1. The summed E-state index contributed by atoms with van der Waals surface area (Å²) >= 11 is 2.71. The van der Waals surface area contributed by atoms with E-state index in [-0.39, 0.29) is 5.56 Å². The maximum Gasteiger partial charge on any atom is 0.412 e. The van der Waals surface area contributed by atoms with E-state index < -0.39 is 29.7 Å². The monoisotopic (exact) mass is 525 g/mol. The van der Waals surface area contributed by atoms with Crippen LogP contribution >= 0.6 is 22.7 Å². The normalized spacial score (nSPS) is 12.2. The molecule has 2 aromatic heterocycles. The third-order valence-electron chi connectivity index (χ3n) is 5.02. The van der Waals surface area contributed by atoms with Crippen LogP contribution < -0.4 is 16.4 Å². The van der Waals surface area contributed by atoms with Crippen molar-refractivity contribution < 1.29 is 23.5 Å². The molecular formula is C26H24FN3O4S2. The van der Waals surface area contributed by atoms with Crippen LogP contribution in [0.15, 0.2) is 60.0 Å². The Bertz CT molecular complexity index is 1440. The highest BCUT2D eigenvalue weighted by molar-refractivity contribution is 7.21. The van der Waals surface area contributed by atoms with Crippen molar-refractivity contribution in [2.75, 3.05) is 10.6 Å². The van der Waals surface area contributed by atoms with E-state index in [0.717, 1.165) is 27.2 Å². The first kappa shape index (κ1) is 25.3. The summed E-state index contributed by atoms with van der Waals surface area (Å²) in [4.78, 5) is 38.2. The number of nitrogens with one attached hydrogen (secondary N) is 2. The van der Waals surface area contributed by atoms with Crippen molar-refractivity contribution in [2.45, 2.75) is 32.5 Å². The van der Waals surface area contributed by atoms with E-state index >= 15 is 0 Å². The summed E-state index contributed by atoms with van der Waals surface area (Å²) in [5.41, 5.74) is 6.16. The molecule has 0 fully saturated rings. The molecule has 0 saturated heterocycles. The van der Waals surface area contributed by atoms with Gasteiger partial charge in [-0.05, 0) is 73.0 Å². The van der Waals surface area contributed by atoms with Crippen LogP contribution in [0.25, 0.3) is 20.5 Å². The average molecular weight is 526 g/mol. The van der Waals surface area contributed by atoms with Gasteiger partial charge in [-0.15, -0.1) is 22.7 Å². The molecule has 3 amide bonds. The molecule has 0 saturated carbocycles. The van der Waals surface area contributed by atoms with E-state index in [1.54, 1.807) is 56.4 Å². The Morgan fingerprint density at radius 2 is 1.78 bits per heavy atom. The van der Waals surface area contributed by atoms with Gasteiger partial charge >= 0.3 is 6.09 Å². The Morgan fingerprint density at radius 1 is 1.00 bits per heavy atom. The van der Waals surface area contributed by atoms with Crippen molar-refractivity contribution in [2.24, 2.45) is 5.73 Å². The van der Waals surface area contributed by atoms with Crippen LogP contribution in [-0.4, -0.2) is 23.5 Å². The van der Waals surface area contributed by atoms with Crippen LogP contribution in [0.4, 0.5) is 20.6 Å². The van der Waals surface area contributed by atoms with Gasteiger partial charge in [-0.1, -0.05) is 24.3 Å². The van der Waals surface area contributed by atoms with Crippen LogP contribution in [0.3, 0.4) is 0 Å². The first-order valence-electron chi connectivity index (χ1n) is 11.0. The number of ether oxygens (including phenoxy) is 1. The molecule has 0 spiro atoms. The molecule has 1 unspecified atom stereocenters. The van der Waals surface area contributed by atoms with Crippen molar-refractivity contribution in [3.8, 4) is 10.4 Å². The highest BCUT2D eigenvalue weighted by Gasteiger charge is 2.20. The summed E-state index contributed by atoms with van der Waals surface area (Å²) < 4.78 is 20.0. The zero-order valence-electron chi connectivity index (χ0n) is 19.8. The number of halogens is 1. The van der Waals surface area contributed by atoms with E-state index in [4.69, 9.17) is 10.5 Å². The highest BCUT2D eigenvalue weighted by atomic mass is 32.1. The van der Waals surface area contributed by atoms with E-state index in [0.29, 0.717) is 21.0 Å². The van der Waals surface area contributed by atoms with Crippen molar-refractivity contribution in [3.05, 3.63) is 70.4 Å². The summed E-state index contributed by atoms with van der Waals surface area (Å²) in [5, 5.41) is 8.25. The van der Waals surface area contributed by atoms with E-state index in [1.807, 2.05) is 23.6 Å². The van der Waals surface area contributed by atoms with Gasteiger partial charge in [0, 0.05) is 9.58 Å². The van der Waals surface area contributed by atoms with E-state index in [9.17, 15) is 18.8 Å². The fraction of sp³-hybridized carbons (Fsp3) is 0.192. The first-order chi connectivity index (χ1) is 17.0. The number of benzene rings is 2. The number of rotatable bonds is 6. The molecule has 4 N–H and O–H groups in total. The topological polar surface area (TPSA) is 111 Å². The SMILES string of the molecule is CC(C)(C)OC(=O)Nc1ccc(-c2cccs2)cc1NC(=O)c1cc2ccc(C(F)C(N)=O)cc2s1. The second-order valence-corrected chi connectivity index (χ2v) is 11.0. The fourth-order valence-corrected chi connectivity index (χ4v) is 5.16. The summed E-state index contributed by atoms with van der Waals surface area (Å²) in [6.07, 6.45) is -2.57. The highest BCUT2D eigenvalue weighted by Crippen LogP contribution is 2.34. The van der Waals surface area contributed by atoms with Gasteiger partial charge in [-0.2, -0.15) is 0 Å². The second kappa shape index (κ2) is 10.1. The Hall–Kier alpha value is -3.76. The van der Waals surface area contributed by atoms with Gasteiger partial charge in [0.15, 0.2) is 0 Å². The molecule has 0 aliphatic rings. The van der Waals surface area contributed by atoms with Crippen LogP contribution in [-0.2, 0) is 9.53 Å². The second-order valence-electron chi connectivity index (χ2n) is 8.99. The number of hydrogen-bond acceptors (Lipinski definition) is 6. The fourth-order valence-electron chi connectivity index (χ4n) is 3.43. The molecule has 2 heterocycles. The Morgan fingerprint density at radius 3 is 2.44 bits per heavy atom. The van der Waals surface area contributed by atoms with E-state index in [1.165, 1.54) is 12.1 Å². The minimum Gasteiger partial charge on any atom is -0.444 e. The maximum absolute atomic E-state index is 14.1.